The van der Waals surface area contributed by atoms with E-state index in [1.165, 1.54) is 19.3 Å². The molecule has 1 saturated carbocycles. The zero-order chi connectivity index (χ0) is 8.81. The molecule has 0 saturated heterocycles. The summed E-state index contributed by atoms with van der Waals surface area (Å²) < 4.78 is 5.29. The van der Waals surface area contributed by atoms with Crippen molar-refractivity contribution in [2.45, 2.75) is 58.0 Å². The molecule has 1 rings (SSSR count). The van der Waals surface area contributed by atoms with Gasteiger partial charge in [-0.05, 0) is 32.1 Å². The Morgan fingerprint density at radius 1 is 1.31 bits per heavy atom. The van der Waals surface area contributed by atoms with Crippen molar-refractivity contribution in [2.75, 3.05) is 0 Å². The Labute approximate surface area is 92.6 Å². The van der Waals surface area contributed by atoms with E-state index < -0.39 is 0 Å². The van der Waals surface area contributed by atoms with Gasteiger partial charge in [0, 0.05) is 6.42 Å². The van der Waals surface area contributed by atoms with Gasteiger partial charge in [0.15, 0.2) is 0 Å². The molecule has 1 aliphatic rings. The second-order valence-corrected chi connectivity index (χ2v) is 3.50. The van der Waals surface area contributed by atoms with E-state index in [0.717, 1.165) is 19.3 Å². The topological polar surface area (TPSA) is 26.3 Å². The van der Waals surface area contributed by atoms with Crippen molar-refractivity contribution in [3.8, 4) is 0 Å². The van der Waals surface area contributed by atoms with Crippen LogP contribution in [0.2, 0.25) is 0 Å². The summed E-state index contributed by atoms with van der Waals surface area (Å²) in [5.74, 6) is -0.00981. The maximum atomic E-state index is 11.1. The molecule has 0 spiro atoms. The Hall–Kier alpha value is 0.0674. The van der Waals surface area contributed by atoms with E-state index in [1.807, 2.05) is 6.92 Å². The summed E-state index contributed by atoms with van der Waals surface area (Å²) in [6, 6.07) is 0. The van der Waals surface area contributed by atoms with Crippen molar-refractivity contribution in [2.24, 2.45) is 0 Å². The molecule has 72 valence electrons. The molecule has 3 heteroatoms. The first-order valence-electron chi connectivity index (χ1n) is 5.02. The van der Waals surface area contributed by atoms with Gasteiger partial charge in [-0.3, -0.25) is 4.79 Å². The van der Waals surface area contributed by atoms with Gasteiger partial charge >= 0.3 is 24.8 Å². The van der Waals surface area contributed by atoms with Gasteiger partial charge in [-0.1, -0.05) is 13.3 Å². The standard InChI is InChI=1S/C10H18O2.Li.H/c1-2-6-10(11)12-9-7-4-3-5-8-9;;/h9H,2-8H2,1H3;;. The summed E-state index contributed by atoms with van der Waals surface area (Å²) in [5.41, 5.74) is 0. The fraction of sp³-hybridized carbons (Fsp3) is 0.900. The first-order chi connectivity index (χ1) is 5.83. The molecule has 0 unspecified atom stereocenters. The molecule has 2 nitrogen and oxygen atoms in total. The average molecular weight is 178 g/mol. The normalized spacial score (nSPS) is 17.6. The van der Waals surface area contributed by atoms with Gasteiger partial charge in [0.2, 0.25) is 0 Å². The van der Waals surface area contributed by atoms with Crippen molar-refractivity contribution >= 4 is 24.8 Å². The van der Waals surface area contributed by atoms with Crippen molar-refractivity contribution in [3.63, 3.8) is 0 Å². The molecule has 1 fully saturated rings. The summed E-state index contributed by atoms with van der Waals surface area (Å²) in [6.45, 7) is 2.00. The summed E-state index contributed by atoms with van der Waals surface area (Å²) in [7, 11) is 0. The molecule has 0 atom stereocenters. The zero-order valence-electron chi connectivity index (χ0n) is 7.84. The van der Waals surface area contributed by atoms with E-state index in [1.54, 1.807) is 0 Å². The molecule has 0 radical (unpaired) electrons. The monoisotopic (exact) mass is 178 g/mol. The Bertz CT molecular complexity index is 142. The van der Waals surface area contributed by atoms with Crippen LogP contribution in [0.4, 0.5) is 0 Å². The Morgan fingerprint density at radius 3 is 2.46 bits per heavy atom. The van der Waals surface area contributed by atoms with Gasteiger partial charge in [0.05, 0.1) is 0 Å². The number of ether oxygens (including phenoxy) is 1. The first kappa shape index (κ1) is 13.1. The molecule has 13 heavy (non-hydrogen) atoms. The van der Waals surface area contributed by atoms with Gasteiger partial charge in [0.1, 0.15) is 6.10 Å². The van der Waals surface area contributed by atoms with Gasteiger partial charge in [-0.25, -0.2) is 0 Å². The van der Waals surface area contributed by atoms with E-state index in [0.29, 0.717) is 6.42 Å². The number of rotatable bonds is 3. The summed E-state index contributed by atoms with van der Waals surface area (Å²) >= 11 is 0. The molecule has 0 aromatic carbocycles. The molecule has 0 aliphatic heterocycles. The third-order valence-corrected chi connectivity index (χ3v) is 2.30. The van der Waals surface area contributed by atoms with Crippen LogP contribution >= 0.6 is 0 Å². The van der Waals surface area contributed by atoms with E-state index in [2.05, 4.69) is 0 Å². The molecule has 1 aliphatic carbocycles. The first-order valence-corrected chi connectivity index (χ1v) is 5.02. The molecular weight excluding hydrogens is 159 g/mol. The molecular formula is C10H19LiO2. The predicted octanol–water partition coefficient (Wildman–Crippen LogP) is 2.01. The van der Waals surface area contributed by atoms with E-state index >= 15 is 0 Å². The maximum absolute atomic E-state index is 11.1. The number of esters is 1. The average Bonchev–Trinajstić information content (AvgIpc) is 2.06. The van der Waals surface area contributed by atoms with Crippen LogP contribution in [0.15, 0.2) is 0 Å². The Kier molecular flexibility index (Phi) is 7.51. The van der Waals surface area contributed by atoms with Crippen LogP contribution in [-0.4, -0.2) is 30.9 Å². The summed E-state index contributed by atoms with van der Waals surface area (Å²) in [4.78, 5) is 11.1. The van der Waals surface area contributed by atoms with E-state index in [4.69, 9.17) is 4.74 Å². The fourth-order valence-electron chi connectivity index (χ4n) is 1.63. The van der Waals surface area contributed by atoms with Crippen molar-refractivity contribution in [3.05, 3.63) is 0 Å². The Morgan fingerprint density at radius 2 is 1.92 bits per heavy atom. The predicted molar refractivity (Wildman–Crippen MR) is 55.0 cm³/mol. The number of hydrogen-bond acceptors (Lipinski definition) is 2. The summed E-state index contributed by atoms with van der Waals surface area (Å²) in [6.07, 6.45) is 7.63. The third kappa shape index (κ3) is 5.39. The van der Waals surface area contributed by atoms with Crippen molar-refractivity contribution < 1.29 is 9.53 Å². The Balaban J connectivity index is 0.00000144. The number of hydrogen-bond donors (Lipinski definition) is 0. The second kappa shape index (κ2) is 7.47. The quantitative estimate of drug-likeness (QED) is 0.488. The number of carbonyl (C=O) groups is 1. The van der Waals surface area contributed by atoms with Crippen LogP contribution in [0.3, 0.4) is 0 Å². The van der Waals surface area contributed by atoms with Crippen molar-refractivity contribution in [1.82, 2.24) is 0 Å². The van der Waals surface area contributed by atoms with E-state index in [-0.39, 0.29) is 30.9 Å². The van der Waals surface area contributed by atoms with Crippen LogP contribution < -0.4 is 0 Å². The molecule has 0 aromatic heterocycles. The van der Waals surface area contributed by atoms with Gasteiger partial charge in [-0.2, -0.15) is 0 Å². The van der Waals surface area contributed by atoms with Gasteiger partial charge < -0.3 is 4.74 Å². The SMILES string of the molecule is CCCC(=O)OC1CCCCC1.[LiH]. The van der Waals surface area contributed by atoms with Crippen LogP contribution in [0, 0.1) is 0 Å². The second-order valence-electron chi connectivity index (χ2n) is 3.50. The minimum atomic E-state index is -0.00981. The molecule has 0 aromatic rings. The van der Waals surface area contributed by atoms with Gasteiger partial charge in [-0.15, -0.1) is 0 Å². The number of carbonyl (C=O) groups excluding carboxylic acids is 1. The van der Waals surface area contributed by atoms with Crippen LogP contribution in [0.5, 0.6) is 0 Å². The minimum absolute atomic E-state index is 0. The van der Waals surface area contributed by atoms with E-state index in [9.17, 15) is 4.79 Å². The summed E-state index contributed by atoms with van der Waals surface area (Å²) in [5, 5.41) is 0. The fourth-order valence-corrected chi connectivity index (χ4v) is 1.63. The third-order valence-electron chi connectivity index (χ3n) is 2.30. The molecule has 0 amide bonds. The molecule has 0 bridgehead atoms. The van der Waals surface area contributed by atoms with Crippen molar-refractivity contribution in [1.29, 1.82) is 0 Å². The van der Waals surface area contributed by atoms with Gasteiger partial charge in [0.25, 0.3) is 0 Å². The van der Waals surface area contributed by atoms with Crippen LogP contribution in [0.25, 0.3) is 0 Å². The molecule has 0 N–H and O–H groups in total. The zero-order valence-corrected chi connectivity index (χ0v) is 7.84. The molecule has 0 heterocycles. The van der Waals surface area contributed by atoms with Crippen LogP contribution in [-0.2, 0) is 9.53 Å². The van der Waals surface area contributed by atoms with Crippen LogP contribution in [0.1, 0.15) is 51.9 Å².